The Balaban J connectivity index is 1.40. The third kappa shape index (κ3) is 5.21. The molecular formula is C25H31ClN2O. The van der Waals surface area contributed by atoms with Crippen LogP contribution in [0.15, 0.2) is 54.6 Å². The van der Waals surface area contributed by atoms with Crippen molar-refractivity contribution in [3.63, 3.8) is 0 Å². The molecule has 3 nitrogen and oxygen atoms in total. The minimum absolute atomic E-state index is 0.198. The van der Waals surface area contributed by atoms with Gasteiger partial charge in [-0.25, -0.2) is 0 Å². The van der Waals surface area contributed by atoms with Crippen LogP contribution in [0, 0.1) is 5.92 Å². The molecule has 154 valence electrons. The molecule has 2 aromatic carbocycles. The molecule has 29 heavy (non-hydrogen) atoms. The molecule has 0 aromatic heterocycles. The summed E-state index contributed by atoms with van der Waals surface area (Å²) in [5.74, 6) is 1.13. The zero-order valence-corrected chi connectivity index (χ0v) is 17.9. The smallest absolute Gasteiger partial charge is 0.222 e. The van der Waals surface area contributed by atoms with Gasteiger partial charge in [0.15, 0.2) is 0 Å². The first-order valence-electron chi connectivity index (χ1n) is 11.0. The van der Waals surface area contributed by atoms with Crippen LogP contribution >= 0.6 is 11.6 Å². The van der Waals surface area contributed by atoms with E-state index >= 15 is 0 Å². The standard InChI is InChI=1S/C25H31ClN2O/c26-23-13-11-22(12-14-23)25(21-8-2-1-3-9-21)28-18-16-27(17-19-28)24(29)15-10-20-6-4-5-7-20/h1-3,8-9,11-14,20,25H,4-7,10,15-19H2/t25-/m1/s1. The first-order chi connectivity index (χ1) is 14.2. The number of halogens is 1. The number of piperazine rings is 1. The molecule has 2 aromatic rings. The predicted molar refractivity (Wildman–Crippen MR) is 119 cm³/mol. The first kappa shape index (κ1) is 20.4. The van der Waals surface area contributed by atoms with Crippen LogP contribution < -0.4 is 0 Å². The molecule has 1 amide bonds. The van der Waals surface area contributed by atoms with Crippen molar-refractivity contribution < 1.29 is 4.79 Å². The number of hydrogen-bond donors (Lipinski definition) is 0. The Kier molecular flexibility index (Phi) is 6.89. The summed E-state index contributed by atoms with van der Waals surface area (Å²) >= 11 is 6.12. The lowest BCUT2D eigenvalue weighted by atomic mass is 9.96. The quantitative estimate of drug-likeness (QED) is 0.623. The lowest BCUT2D eigenvalue weighted by molar-refractivity contribution is -0.133. The Labute approximate surface area is 179 Å². The highest BCUT2D eigenvalue weighted by atomic mass is 35.5. The van der Waals surface area contributed by atoms with Crippen molar-refractivity contribution in [3.05, 3.63) is 70.7 Å². The molecule has 0 radical (unpaired) electrons. The molecule has 2 fully saturated rings. The Morgan fingerprint density at radius 1 is 0.897 bits per heavy atom. The minimum Gasteiger partial charge on any atom is -0.340 e. The highest BCUT2D eigenvalue weighted by molar-refractivity contribution is 6.30. The van der Waals surface area contributed by atoms with E-state index in [1.54, 1.807) is 0 Å². The van der Waals surface area contributed by atoms with E-state index in [4.69, 9.17) is 11.6 Å². The second kappa shape index (κ2) is 9.77. The molecule has 1 atom stereocenters. The largest absolute Gasteiger partial charge is 0.340 e. The van der Waals surface area contributed by atoms with E-state index in [1.807, 2.05) is 12.1 Å². The fourth-order valence-corrected chi connectivity index (χ4v) is 5.03. The Hall–Kier alpha value is -1.84. The van der Waals surface area contributed by atoms with Crippen LogP contribution in [0.5, 0.6) is 0 Å². The highest BCUT2D eigenvalue weighted by Gasteiger charge is 2.28. The molecular weight excluding hydrogens is 380 g/mol. The summed E-state index contributed by atoms with van der Waals surface area (Å²) in [6.07, 6.45) is 7.15. The van der Waals surface area contributed by atoms with E-state index in [2.05, 4.69) is 52.3 Å². The van der Waals surface area contributed by atoms with Crippen LogP contribution in [0.2, 0.25) is 5.02 Å². The van der Waals surface area contributed by atoms with Crippen molar-refractivity contribution in [2.45, 2.75) is 44.6 Å². The Morgan fingerprint density at radius 2 is 1.52 bits per heavy atom. The van der Waals surface area contributed by atoms with Crippen LogP contribution in [0.1, 0.15) is 55.7 Å². The summed E-state index contributed by atoms with van der Waals surface area (Å²) in [5.41, 5.74) is 2.54. The monoisotopic (exact) mass is 410 g/mol. The van der Waals surface area contributed by atoms with E-state index in [9.17, 15) is 4.79 Å². The molecule has 0 unspecified atom stereocenters. The normalized spacial score (nSPS) is 19.4. The van der Waals surface area contributed by atoms with Crippen LogP contribution in [-0.4, -0.2) is 41.9 Å². The van der Waals surface area contributed by atoms with E-state index in [0.717, 1.165) is 50.0 Å². The van der Waals surface area contributed by atoms with Crippen molar-refractivity contribution in [3.8, 4) is 0 Å². The van der Waals surface area contributed by atoms with E-state index < -0.39 is 0 Å². The van der Waals surface area contributed by atoms with E-state index in [1.165, 1.54) is 36.8 Å². The van der Waals surface area contributed by atoms with Gasteiger partial charge in [-0.3, -0.25) is 9.69 Å². The summed E-state index contributed by atoms with van der Waals surface area (Å²) in [5, 5.41) is 0.762. The van der Waals surface area contributed by atoms with Gasteiger partial charge in [-0.1, -0.05) is 79.7 Å². The van der Waals surface area contributed by atoms with E-state index in [0.29, 0.717) is 5.91 Å². The fraction of sp³-hybridized carbons (Fsp3) is 0.480. The average Bonchev–Trinajstić information content (AvgIpc) is 3.29. The van der Waals surface area contributed by atoms with Crippen molar-refractivity contribution >= 4 is 17.5 Å². The molecule has 0 bridgehead atoms. The summed E-state index contributed by atoms with van der Waals surface area (Å²) < 4.78 is 0. The molecule has 4 heteroatoms. The van der Waals surface area contributed by atoms with Gasteiger partial charge in [-0.05, 0) is 35.6 Å². The second-order valence-electron chi connectivity index (χ2n) is 8.47. The maximum Gasteiger partial charge on any atom is 0.222 e. The summed E-state index contributed by atoms with van der Waals surface area (Å²) in [6.45, 7) is 3.44. The van der Waals surface area contributed by atoms with Crippen molar-refractivity contribution in [1.29, 1.82) is 0 Å². The fourth-order valence-electron chi connectivity index (χ4n) is 4.91. The molecule has 0 N–H and O–H groups in total. The Morgan fingerprint density at radius 3 is 2.17 bits per heavy atom. The number of amides is 1. The van der Waals surface area contributed by atoms with Gasteiger partial charge in [0.05, 0.1) is 6.04 Å². The van der Waals surface area contributed by atoms with Crippen LogP contribution in [0.25, 0.3) is 0 Å². The zero-order chi connectivity index (χ0) is 20.1. The molecule has 1 saturated carbocycles. The molecule has 1 aliphatic heterocycles. The summed E-state index contributed by atoms with van der Waals surface area (Å²) in [4.78, 5) is 17.3. The second-order valence-corrected chi connectivity index (χ2v) is 8.91. The third-order valence-corrected chi connectivity index (χ3v) is 6.83. The number of carbonyl (C=O) groups is 1. The van der Waals surface area contributed by atoms with Gasteiger partial charge in [-0.15, -0.1) is 0 Å². The number of carbonyl (C=O) groups excluding carboxylic acids is 1. The maximum absolute atomic E-state index is 12.7. The summed E-state index contributed by atoms with van der Waals surface area (Å²) in [7, 11) is 0. The van der Waals surface area contributed by atoms with Crippen molar-refractivity contribution in [2.75, 3.05) is 26.2 Å². The van der Waals surface area contributed by atoms with Crippen molar-refractivity contribution in [1.82, 2.24) is 9.80 Å². The zero-order valence-electron chi connectivity index (χ0n) is 17.1. The predicted octanol–water partition coefficient (Wildman–Crippen LogP) is 5.54. The molecule has 4 rings (SSSR count). The number of benzene rings is 2. The van der Waals surface area contributed by atoms with Gasteiger partial charge < -0.3 is 4.90 Å². The molecule has 2 aliphatic rings. The lowest BCUT2D eigenvalue weighted by Crippen LogP contribution is -2.49. The maximum atomic E-state index is 12.7. The third-order valence-electron chi connectivity index (χ3n) is 6.57. The minimum atomic E-state index is 0.198. The SMILES string of the molecule is O=C(CCC1CCCC1)N1CCN([C@H](c2ccccc2)c2ccc(Cl)cc2)CC1. The summed E-state index contributed by atoms with van der Waals surface area (Å²) in [6, 6.07) is 19.0. The molecule has 0 spiro atoms. The lowest BCUT2D eigenvalue weighted by Gasteiger charge is -2.40. The highest BCUT2D eigenvalue weighted by Crippen LogP contribution is 2.31. The van der Waals surface area contributed by atoms with Crippen LogP contribution in [0.4, 0.5) is 0 Å². The van der Waals surface area contributed by atoms with Crippen LogP contribution in [-0.2, 0) is 4.79 Å². The molecule has 1 aliphatic carbocycles. The average molecular weight is 411 g/mol. The number of nitrogens with zero attached hydrogens (tertiary/aromatic N) is 2. The topological polar surface area (TPSA) is 23.6 Å². The Bertz CT molecular complexity index is 778. The van der Waals surface area contributed by atoms with E-state index in [-0.39, 0.29) is 6.04 Å². The van der Waals surface area contributed by atoms with Gasteiger partial charge >= 0.3 is 0 Å². The molecule has 1 saturated heterocycles. The van der Waals surface area contributed by atoms with Gasteiger partial charge in [0, 0.05) is 37.6 Å². The number of rotatable bonds is 6. The van der Waals surface area contributed by atoms with Gasteiger partial charge in [0.1, 0.15) is 0 Å². The number of hydrogen-bond acceptors (Lipinski definition) is 2. The van der Waals surface area contributed by atoms with Crippen molar-refractivity contribution in [2.24, 2.45) is 5.92 Å². The molecule has 1 heterocycles. The van der Waals surface area contributed by atoms with Gasteiger partial charge in [0.25, 0.3) is 0 Å². The van der Waals surface area contributed by atoms with Gasteiger partial charge in [0.2, 0.25) is 5.91 Å². The van der Waals surface area contributed by atoms with Gasteiger partial charge in [-0.2, -0.15) is 0 Å². The van der Waals surface area contributed by atoms with Crippen LogP contribution in [0.3, 0.4) is 0 Å². The first-order valence-corrected chi connectivity index (χ1v) is 11.4.